The molecular formula is C19H28N2O. The summed E-state index contributed by atoms with van der Waals surface area (Å²) in [6.07, 6.45) is 5.99. The highest BCUT2D eigenvalue weighted by Gasteiger charge is 2.41. The number of nitrogens with zero attached hydrogens (tertiary/aromatic N) is 1. The topological polar surface area (TPSA) is 24.5 Å². The van der Waals surface area contributed by atoms with E-state index in [1.54, 1.807) is 0 Å². The third kappa shape index (κ3) is 2.65. The second-order valence-electron chi connectivity index (χ2n) is 7.78. The highest BCUT2D eigenvalue weighted by molar-refractivity contribution is 5.43. The molecule has 120 valence electrons. The fourth-order valence-electron chi connectivity index (χ4n) is 4.23. The van der Waals surface area contributed by atoms with E-state index in [4.69, 9.17) is 4.74 Å². The molecule has 0 aromatic heterocycles. The number of hydrogen-bond acceptors (Lipinski definition) is 3. The zero-order valence-electron chi connectivity index (χ0n) is 13.9. The Bertz CT molecular complexity index is 540. The van der Waals surface area contributed by atoms with Crippen LogP contribution in [0.15, 0.2) is 18.2 Å². The lowest BCUT2D eigenvalue weighted by atomic mass is 9.87. The van der Waals surface area contributed by atoms with Crippen molar-refractivity contribution in [3.63, 3.8) is 0 Å². The van der Waals surface area contributed by atoms with Gasteiger partial charge in [-0.2, -0.15) is 0 Å². The number of ether oxygens (including phenoxy) is 1. The van der Waals surface area contributed by atoms with Gasteiger partial charge in [0.05, 0.1) is 0 Å². The predicted molar refractivity (Wildman–Crippen MR) is 89.4 cm³/mol. The molecule has 1 N–H and O–H groups in total. The molecule has 0 saturated carbocycles. The quantitative estimate of drug-likeness (QED) is 0.862. The van der Waals surface area contributed by atoms with Crippen LogP contribution in [0.3, 0.4) is 0 Å². The molecule has 1 spiro atoms. The van der Waals surface area contributed by atoms with Crippen molar-refractivity contribution < 1.29 is 4.74 Å². The van der Waals surface area contributed by atoms with Gasteiger partial charge in [0, 0.05) is 38.4 Å². The Balaban J connectivity index is 1.50. The van der Waals surface area contributed by atoms with Gasteiger partial charge in [0.1, 0.15) is 11.4 Å². The summed E-state index contributed by atoms with van der Waals surface area (Å²) in [7, 11) is 2.21. The molecule has 3 aliphatic heterocycles. The molecule has 0 bridgehead atoms. The van der Waals surface area contributed by atoms with E-state index in [1.165, 1.54) is 24.0 Å². The van der Waals surface area contributed by atoms with E-state index in [0.29, 0.717) is 6.04 Å². The van der Waals surface area contributed by atoms with Gasteiger partial charge in [-0.3, -0.25) is 0 Å². The van der Waals surface area contributed by atoms with E-state index in [-0.39, 0.29) is 5.60 Å². The second kappa shape index (κ2) is 5.54. The number of likely N-dealkylation sites (tertiary alicyclic amines) is 1. The van der Waals surface area contributed by atoms with Crippen molar-refractivity contribution in [2.45, 2.75) is 50.7 Å². The van der Waals surface area contributed by atoms with Gasteiger partial charge in [-0.25, -0.2) is 0 Å². The van der Waals surface area contributed by atoms with Crippen LogP contribution in [0.4, 0.5) is 0 Å². The van der Waals surface area contributed by atoms with Crippen molar-refractivity contribution in [1.29, 1.82) is 0 Å². The zero-order valence-corrected chi connectivity index (χ0v) is 13.9. The SMILES string of the molecule is CC1CCC(c2ccc3c(c2)OC2(CCN(C)CC2)C3)NC1. The second-order valence-corrected chi connectivity index (χ2v) is 7.78. The van der Waals surface area contributed by atoms with E-state index in [0.717, 1.165) is 50.6 Å². The molecule has 22 heavy (non-hydrogen) atoms. The molecule has 3 nitrogen and oxygen atoms in total. The Morgan fingerprint density at radius 3 is 2.77 bits per heavy atom. The lowest BCUT2D eigenvalue weighted by molar-refractivity contribution is 0.0270. The number of nitrogens with one attached hydrogen (secondary N) is 1. The first kappa shape index (κ1) is 14.5. The van der Waals surface area contributed by atoms with Gasteiger partial charge in [0.2, 0.25) is 0 Å². The molecule has 4 rings (SSSR count). The molecule has 1 aromatic rings. The number of benzene rings is 1. The van der Waals surface area contributed by atoms with Gasteiger partial charge in [0.15, 0.2) is 0 Å². The van der Waals surface area contributed by atoms with Crippen LogP contribution in [-0.4, -0.2) is 37.2 Å². The van der Waals surface area contributed by atoms with Crippen LogP contribution in [0.5, 0.6) is 5.75 Å². The number of fused-ring (bicyclic) bond motifs is 1. The van der Waals surface area contributed by atoms with E-state index in [9.17, 15) is 0 Å². The van der Waals surface area contributed by atoms with Crippen LogP contribution in [0.25, 0.3) is 0 Å². The van der Waals surface area contributed by atoms with Gasteiger partial charge < -0.3 is 15.0 Å². The monoisotopic (exact) mass is 300 g/mol. The minimum atomic E-state index is 0.0853. The van der Waals surface area contributed by atoms with Gasteiger partial charge >= 0.3 is 0 Å². The average Bonchev–Trinajstić information content (AvgIpc) is 2.88. The molecule has 0 amide bonds. The largest absolute Gasteiger partial charge is 0.487 e. The summed E-state index contributed by atoms with van der Waals surface area (Å²) in [5, 5.41) is 3.69. The third-order valence-electron chi connectivity index (χ3n) is 5.89. The third-order valence-corrected chi connectivity index (χ3v) is 5.89. The van der Waals surface area contributed by atoms with Gasteiger partial charge in [-0.05, 0) is 49.5 Å². The Kier molecular flexibility index (Phi) is 3.66. The van der Waals surface area contributed by atoms with Crippen molar-refractivity contribution in [3.8, 4) is 5.75 Å². The molecule has 2 saturated heterocycles. The fourth-order valence-corrected chi connectivity index (χ4v) is 4.23. The van der Waals surface area contributed by atoms with Gasteiger partial charge in [-0.15, -0.1) is 0 Å². The molecule has 2 atom stereocenters. The van der Waals surface area contributed by atoms with Crippen molar-refractivity contribution in [1.82, 2.24) is 10.2 Å². The maximum atomic E-state index is 6.48. The first-order valence-corrected chi connectivity index (χ1v) is 8.87. The van der Waals surface area contributed by atoms with Crippen LogP contribution in [-0.2, 0) is 6.42 Å². The van der Waals surface area contributed by atoms with Gasteiger partial charge in [0.25, 0.3) is 0 Å². The molecule has 3 heteroatoms. The molecule has 3 aliphatic rings. The summed E-state index contributed by atoms with van der Waals surface area (Å²) in [5.74, 6) is 1.96. The summed E-state index contributed by atoms with van der Waals surface area (Å²) in [6.45, 7) is 5.78. The van der Waals surface area contributed by atoms with E-state index < -0.39 is 0 Å². The average molecular weight is 300 g/mol. The Hall–Kier alpha value is -1.06. The summed E-state index contributed by atoms with van der Waals surface area (Å²) in [5.41, 5.74) is 2.91. The van der Waals surface area contributed by atoms with Crippen molar-refractivity contribution >= 4 is 0 Å². The summed E-state index contributed by atoms with van der Waals surface area (Å²) >= 11 is 0. The van der Waals surface area contributed by atoms with Crippen LogP contribution in [0.2, 0.25) is 0 Å². The normalized spacial score (nSPS) is 31.0. The first-order chi connectivity index (χ1) is 10.6. The minimum absolute atomic E-state index is 0.0853. The molecule has 1 aromatic carbocycles. The molecule has 3 heterocycles. The smallest absolute Gasteiger partial charge is 0.123 e. The Morgan fingerprint density at radius 1 is 1.23 bits per heavy atom. The highest BCUT2D eigenvalue weighted by Crippen LogP contribution is 2.42. The van der Waals surface area contributed by atoms with E-state index >= 15 is 0 Å². The zero-order chi connectivity index (χ0) is 15.2. The molecule has 2 unspecified atom stereocenters. The van der Waals surface area contributed by atoms with Crippen LogP contribution < -0.4 is 10.1 Å². The molecule has 2 fully saturated rings. The molecule has 0 radical (unpaired) electrons. The lowest BCUT2D eigenvalue weighted by Crippen LogP contribution is -2.45. The highest BCUT2D eigenvalue weighted by atomic mass is 16.5. The Labute approximate surface area is 134 Å². The van der Waals surface area contributed by atoms with Gasteiger partial charge in [-0.1, -0.05) is 19.1 Å². The number of piperidine rings is 2. The van der Waals surface area contributed by atoms with Crippen LogP contribution in [0.1, 0.15) is 49.8 Å². The molecular weight excluding hydrogens is 272 g/mol. The summed E-state index contributed by atoms with van der Waals surface area (Å²) in [4.78, 5) is 2.41. The fraction of sp³-hybridized carbons (Fsp3) is 0.684. The van der Waals surface area contributed by atoms with Crippen LogP contribution >= 0.6 is 0 Å². The van der Waals surface area contributed by atoms with Crippen molar-refractivity contribution in [2.75, 3.05) is 26.7 Å². The van der Waals surface area contributed by atoms with Crippen LogP contribution in [0, 0.1) is 5.92 Å². The van der Waals surface area contributed by atoms with Crippen molar-refractivity contribution in [2.24, 2.45) is 5.92 Å². The van der Waals surface area contributed by atoms with E-state index in [2.05, 4.69) is 42.4 Å². The van der Waals surface area contributed by atoms with E-state index in [1.807, 2.05) is 0 Å². The first-order valence-electron chi connectivity index (χ1n) is 8.87. The maximum absolute atomic E-state index is 6.48. The lowest BCUT2D eigenvalue weighted by Gasteiger charge is -2.37. The minimum Gasteiger partial charge on any atom is -0.487 e. The number of hydrogen-bond donors (Lipinski definition) is 1. The number of rotatable bonds is 1. The summed E-state index contributed by atoms with van der Waals surface area (Å²) < 4.78 is 6.48. The van der Waals surface area contributed by atoms with Crippen molar-refractivity contribution in [3.05, 3.63) is 29.3 Å². The predicted octanol–water partition coefficient (Wildman–Crippen LogP) is 3.15. The maximum Gasteiger partial charge on any atom is 0.123 e. The standard InChI is InChI=1S/C19H28N2O/c1-14-3-6-17(20-13-14)15-4-5-16-12-19(22-18(16)11-15)7-9-21(2)10-8-19/h4-5,11,14,17,20H,3,6-10,12-13H2,1-2H3. The Morgan fingerprint density at radius 2 is 2.05 bits per heavy atom. The summed E-state index contributed by atoms with van der Waals surface area (Å²) in [6, 6.07) is 7.47. The molecule has 0 aliphatic carbocycles.